The third-order valence-corrected chi connectivity index (χ3v) is 5.96. The number of carbonyl (C=O) groups is 4. The van der Waals surface area contributed by atoms with Crippen molar-refractivity contribution in [1.82, 2.24) is 9.78 Å². The van der Waals surface area contributed by atoms with E-state index >= 15 is 0 Å². The molecule has 0 saturated carbocycles. The summed E-state index contributed by atoms with van der Waals surface area (Å²) in [5.41, 5.74) is 1.90. The minimum Gasteiger partial charge on any atom is -0.467 e. The van der Waals surface area contributed by atoms with Crippen LogP contribution in [0.3, 0.4) is 0 Å². The summed E-state index contributed by atoms with van der Waals surface area (Å²) in [7, 11) is 4.61. The minimum absolute atomic E-state index is 0.0605. The van der Waals surface area contributed by atoms with E-state index in [-0.39, 0.29) is 16.8 Å². The highest BCUT2D eigenvalue weighted by molar-refractivity contribution is 6.07. The summed E-state index contributed by atoms with van der Waals surface area (Å²) in [6, 6.07) is 12.6. The topological polar surface area (TPSA) is 123 Å². The van der Waals surface area contributed by atoms with Crippen molar-refractivity contribution in [3.8, 4) is 11.3 Å². The number of rotatable bonds is 8. The van der Waals surface area contributed by atoms with Crippen molar-refractivity contribution in [3.63, 3.8) is 0 Å². The van der Waals surface area contributed by atoms with Crippen LogP contribution in [-0.2, 0) is 28.5 Å². The molecule has 1 heterocycles. The Labute approximate surface area is 219 Å². The van der Waals surface area contributed by atoms with Gasteiger partial charge in [0.15, 0.2) is 11.7 Å². The number of hydrogen-bond acceptors (Lipinski definition) is 9. The Kier molecular flexibility index (Phi) is 8.80. The van der Waals surface area contributed by atoms with Gasteiger partial charge in [-0.05, 0) is 36.6 Å². The third kappa shape index (κ3) is 5.34. The molecule has 3 aromatic rings. The van der Waals surface area contributed by atoms with Gasteiger partial charge in [0.25, 0.3) is 0 Å². The molecule has 0 aliphatic carbocycles. The predicted molar refractivity (Wildman–Crippen MR) is 137 cm³/mol. The van der Waals surface area contributed by atoms with E-state index in [0.717, 1.165) is 31.6 Å². The van der Waals surface area contributed by atoms with Gasteiger partial charge in [-0.3, -0.25) is 0 Å². The Hall–Kier alpha value is -4.73. The first-order chi connectivity index (χ1) is 18.2. The number of hydrogen-bond donors (Lipinski definition) is 0. The fourth-order valence-corrected chi connectivity index (χ4v) is 4.01. The molecule has 10 nitrogen and oxygen atoms in total. The molecule has 0 aliphatic heterocycles. The van der Waals surface area contributed by atoms with Crippen molar-refractivity contribution in [3.05, 3.63) is 82.1 Å². The largest absolute Gasteiger partial charge is 0.467 e. The maximum atomic E-state index is 13.4. The van der Waals surface area contributed by atoms with Gasteiger partial charge in [0, 0.05) is 5.56 Å². The van der Waals surface area contributed by atoms with Crippen LogP contribution < -0.4 is 0 Å². The minimum atomic E-state index is -1.55. The van der Waals surface area contributed by atoms with Crippen molar-refractivity contribution >= 4 is 30.0 Å². The maximum Gasteiger partial charge on any atom is 0.359 e. The van der Waals surface area contributed by atoms with Crippen LogP contribution in [-0.4, -0.2) is 62.1 Å². The van der Waals surface area contributed by atoms with Crippen molar-refractivity contribution in [2.45, 2.75) is 19.9 Å². The van der Waals surface area contributed by atoms with Gasteiger partial charge in [-0.25, -0.2) is 23.9 Å². The van der Waals surface area contributed by atoms with Crippen LogP contribution in [0.1, 0.15) is 43.6 Å². The zero-order valence-corrected chi connectivity index (χ0v) is 21.9. The fraction of sp³-hybridized carbons (Fsp3) is 0.250. The van der Waals surface area contributed by atoms with E-state index in [2.05, 4.69) is 5.10 Å². The molecule has 198 valence electrons. The predicted octanol–water partition coefficient (Wildman–Crippen LogP) is 3.71. The van der Waals surface area contributed by atoms with Gasteiger partial charge in [0.05, 0.1) is 39.7 Å². The van der Waals surface area contributed by atoms with Crippen LogP contribution in [0.15, 0.2) is 54.1 Å². The Bertz CT molecular complexity index is 1420. The Morgan fingerprint density at radius 3 is 1.95 bits per heavy atom. The first-order valence-electron chi connectivity index (χ1n) is 11.5. The van der Waals surface area contributed by atoms with E-state index in [0.29, 0.717) is 16.7 Å². The lowest BCUT2D eigenvalue weighted by molar-refractivity contribution is -0.146. The van der Waals surface area contributed by atoms with Crippen LogP contribution in [0, 0.1) is 13.8 Å². The van der Waals surface area contributed by atoms with Crippen molar-refractivity contribution < 1.29 is 38.1 Å². The smallest absolute Gasteiger partial charge is 0.359 e. The zero-order chi connectivity index (χ0) is 28.0. The number of carbonyl (C=O) groups excluding carboxylic acids is 4. The number of esters is 4. The summed E-state index contributed by atoms with van der Waals surface area (Å²) in [4.78, 5) is 52.3. The molecule has 3 rings (SSSR count). The lowest BCUT2D eigenvalue weighted by Crippen LogP contribution is -2.29. The molecule has 0 saturated heterocycles. The van der Waals surface area contributed by atoms with E-state index in [9.17, 15) is 19.2 Å². The van der Waals surface area contributed by atoms with E-state index in [1.54, 1.807) is 43.3 Å². The molecule has 10 heteroatoms. The zero-order valence-electron chi connectivity index (χ0n) is 21.9. The summed E-state index contributed by atoms with van der Waals surface area (Å²) >= 11 is 0. The molecule has 38 heavy (non-hydrogen) atoms. The number of methoxy groups -OCH3 is 4. The summed E-state index contributed by atoms with van der Waals surface area (Å²) in [6.45, 7) is 3.62. The molecule has 0 bridgehead atoms. The average molecular weight is 521 g/mol. The van der Waals surface area contributed by atoms with Crippen LogP contribution in [0.4, 0.5) is 0 Å². The molecule has 0 fully saturated rings. The summed E-state index contributed by atoms with van der Waals surface area (Å²) < 4.78 is 21.0. The van der Waals surface area contributed by atoms with Crippen molar-refractivity contribution in [1.29, 1.82) is 0 Å². The van der Waals surface area contributed by atoms with E-state index in [4.69, 9.17) is 18.9 Å². The molecule has 0 N–H and O–H groups in total. The van der Waals surface area contributed by atoms with Gasteiger partial charge in [0.2, 0.25) is 0 Å². The van der Waals surface area contributed by atoms with Gasteiger partial charge in [0.1, 0.15) is 5.56 Å². The van der Waals surface area contributed by atoms with Crippen LogP contribution in [0.5, 0.6) is 0 Å². The molecule has 0 amide bonds. The average Bonchev–Trinajstić information content (AvgIpc) is 3.32. The normalized spacial score (nSPS) is 11.9. The summed E-state index contributed by atoms with van der Waals surface area (Å²) in [6.07, 6.45) is 1.49. The first-order valence-corrected chi connectivity index (χ1v) is 11.5. The second-order valence-corrected chi connectivity index (χ2v) is 8.19. The quantitative estimate of drug-likeness (QED) is 0.248. The van der Waals surface area contributed by atoms with Gasteiger partial charge in [-0.15, -0.1) is 0 Å². The highest BCUT2D eigenvalue weighted by Crippen LogP contribution is 2.36. The number of aryl methyl sites for hydroxylation is 2. The summed E-state index contributed by atoms with van der Waals surface area (Å²) in [5.74, 6) is -3.55. The molecular formula is C28H28N2O8. The second-order valence-electron chi connectivity index (χ2n) is 8.19. The van der Waals surface area contributed by atoms with E-state index in [1.807, 2.05) is 19.1 Å². The van der Waals surface area contributed by atoms with Crippen LogP contribution in [0.25, 0.3) is 17.3 Å². The van der Waals surface area contributed by atoms with Crippen LogP contribution in [0.2, 0.25) is 0 Å². The number of nitrogens with zero attached hydrogens (tertiary/aromatic N) is 2. The first kappa shape index (κ1) is 27.9. The molecule has 1 unspecified atom stereocenters. The Morgan fingerprint density at radius 2 is 1.39 bits per heavy atom. The van der Waals surface area contributed by atoms with Gasteiger partial charge in [-0.1, -0.05) is 48.5 Å². The van der Waals surface area contributed by atoms with Gasteiger partial charge < -0.3 is 18.9 Å². The lowest BCUT2D eigenvalue weighted by atomic mass is 9.98. The Balaban J connectivity index is 2.51. The molecule has 0 aliphatic rings. The molecule has 1 atom stereocenters. The van der Waals surface area contributed by atoms with E-state index < -0.39 is 35.6 Å². The fourth-order valence-electron chi connectivity index (χ4n) is 4.01. The lowest BCUT2D eigenvalue weighted by Gasteiger charge is -2.21. The van der Waals surface area contributed by atoms with Crippen molar-refractivity contribution in [2.24, 2.45) is 0 Å². The van der Waals surface area contributed by atoms with Gasteiger partial charge in [-0.2, -0.15) is 5.10 Å². The monoisotopic (exact) mass is 520 g/mol. The number of aromatic nitrogens is 2. The molecule has 1 aromatic heterocycles. The molecule has 0 radical (unpaired) electrons. The second kappa shape index (κ2) is 12.0. The molecule has 0 spiro atoms. The highest BCUT2D eigenvalue weighted by Gasteiger charge is 2.39. The molecular weight excluding hydrogens is 492 g/mol. The molecule has 2 aromatic carbocycles. The standard InChI is InChI=1S/C28H28N2O8/c1-16-11-7-9-13-18(16)15-20(25(31)35-3)24(28(34)38-6)30-23(19-14-10-8-12-17(19)2)21(26(32)36-4)22(29-30)27(33)37-5/h7-15,24H,1-6H3/b20-15-. The number of ether oxygens (including phenoxy) is 4. The van der Waals surface area contributed by atoms with Crippen molar-refractivity contribution in [2.75, 3.05) is 28.4 Å². The van der Waals surface area contributed by atoms with Gasteiger partial charge >= 0.3 is 23.9 Å². The van der Waals surface area contributed by atoms with Crippen LogP contribution >= 0.6 is 0 Å². The SMILES string of the molecule is COC(=O)/C(=C\c1ccccc1C)C(C(=O)OC)n1nc(C(=O)OC)c(C(=O)OC)c1-c1ccccc1C. The highest BCUT2D eigenvalue weighted by atomic mass is 16.5. The maximum absolute atomic E-state index is 13.4. The summed E-state index contributed by atoms with van der Waals surface area (Å²) in [5, 5.41) is 4.33. The third-order valence-electron chi connectivity index (χ3n) is 5.96. The van der Waals surface area contributed by atoms with E-state index in [1.165, 1.54) is 13.2 Å². The number of benzene rings is 2. The Morgan fingerprint density at radius 1 is 0.789 bits per heavy atom.